The third-order valence-electron chi connectivity index (χ3n) is 3.54. The van der Waals surface area contributed by atoms with E-state index in [9.17, 15) is 0 Å². The largest absolute Gasteiger partial charge is 0.381 e. The maximum Gasteiger partial charge on any atom is 0.0622 e. The van der Waals surface area contributed by atoms with Gasteiger partial charge in [0.2, 0.25) is 0 Å². The van der Waals surface area contributed by atoms with Crippen molar-refractivity contribution in [1.29, 1.82) is 0 Å². The Kier molecular flexibility index (Phi) is 3.34. The molecule has 2 heterocycles. The molecular formula is C13H17BrN2O. The standard InChI is InChI=1S/C13H17BrN2O/c14-10-5-12(8-15-7-10)16-11-3-4-17-13(6-11)9-1-2-9/h5,7-9,11,13,16H,1-4,6H2. The lowest BCUT2D eigenvalue weighted by Crippen LogP contribution is -2.35. The summed E-state index contributed by atoms with van der Waals surface area (Å²) >= 11 is 3.44. The molecule has 1 aliphatic heterocycles. The fraction of sp³-hybridized carbons (Fsp3) is 0.615. The van der Waals surface area contributed by atoms with Gasteiger partial charge in [-0.2, -0.15) is 0 Å². The molecule has 0 aromatic carbocycles. The highest BCUT2D eigenvalue weighted by molar-refractivity contribution is 9.10. The van der Waals surface area contributed by atoms with Gasteiger partial charge in [-0.3, -0.25) is 4.98 Å². The second-order valence-corrected chi connectivity index (χ2v) is 5.92. The Morgan fingerprint density at radius 1 is 1.29 bits per heavy atom. The average molecular weight is 297 g/mol. The lowest BCUT2D eigenvalue weighted by atomic mass is 10.00. The van der Waals surface area contributed by atoms with Gasteiger partial charge in [0.25, 0.3) is 0 Å². The number of nitrogens with one attached hydrogen (secondary N) is 1. The summed E-state index contributed by atoms with van der Waals surface area (Å²) in [5.74, 6) is 0.834. The highest BCUT2D eigenvalue weighted by atomic mass is 79.9. The van der Waals surface area contributed by atoms with Crippen molar-refractivity contribution >= 4 is 21.6 Å². The number of rotatable bonds is 3. The van der Waals surface area contributed by atoms with Gasteiger partial charge in [-0.1, -0.05) is 0 Å². The van der Waals surface area contributed by atoms with Crippen LogP contribution in [-0.2, 0) is 4.74 Å². The van der Waals surface area contributed by atoms with Crippen molar-refractivity contribution in [1.82, 2.24) is 4.98 Å². The van der Waals surface area contributed by atoms with Crippen molar-refractivity contribution in [3.63, 3.8) is 0 Å². The van der Waals surface area contributed by atoms with Crippen LogP contribution in [0, 0.1) is 5.92 Å². The zero-order chi connectivity index (χ0) is 11.7. The topological polar surface area (TPSA) is 34.2 Å². The minimum atomic E-state index is 0.487. The molecule has 1 saturated heterocycles. The van der Waals surface area contributed by atoms with Crippen LogP contribution in [-0.4, -0.2) is 23.7 Å². The molecule has 2 atom stereocenters. The summed E-state index contributed by atoms with van der Waals surface area (Å²) in [6.45, 7) is 0.889. The number of ether oxygens (including phenoxy) is 1. The van der Waals surface area contributed by atoms with E-state index in [1.54, 1.807) is 0 Å². The van der Waals surface area contributed by atoms with Crippen molar-refractivity contribution in [2.75, 3.05) is 11.9 Å². The molecule has 17 heavy (non-hydrogen) atoms. The summed E-state index contributed by atoms with van der Waals surface area (Å²) in [6.07, 6.45) is 9.12. The zero-order valence-electron chi connectivity index (χ0n) is 9.73. The molecular weight excluding hydrogens is 280 g/mol. The third-order valence-corrected chi connectivity index (χ3v) is 3.97. The number of aromatic nitrogens is 1. The van der Waals surface area contributed by atoms with E-state index < -0.39 is 0 Å². The molecule has 3 rings (SSSR count). The molecule has 0 amide bonds. The summed E-state index contributed by atoms with van der Waals surface area (Å²) in [6, 6.07) is 2.61. The Labute approximate surface area is 110 Å². The van der Waals surface area contributed by atoms with Crippen LogP contribution in [0.3, 0.4) is 0 Å². The number of pyridine rings is 1. The number of halogens is 1. The summed E-state index contributed by atoms with van der Waals surface area (Å²) in [7, 11) is 0. The fourth-order valence-corrected chi connectivity index (χ4v) is 2.85. The number of anilines is 1. The Morgan fingerprint density at radius 3 is 2.94 bits per heavy atom. The van der Waals surface area contributed by atoms with E-state index in [-0.39, 0.29) is 0 Å². The Morgan fingerprint density at radius 2 is 2.18 bits per heavy atom. The molecule has 4 heteroatoms. The first-order valence-corrected chi connectivity index (χ1v) is 7.09. The second-order valence-electron chi connectivity index (χ2n) is 5.00. The summed E-state index contributed by atoms with van der Waals surface area (Å²) in [4.78, 5) is 4.18. The molecule has 0 spiro atoms. The maximum atomic E-state index is 5.83. The summed E-state index contributed by atoms with van der Waals surface area (Å²) in [5.41, 5.74) is 1.10. The van der Waals surface area contributed by atoms with Crippen molar-refractivity contribution < 1.29 is 4.74 Å². The molecule has 2 aliphatic rings. The van der Waals surface area contributed by atoms with Gasteiger partial charge in [0.15, 0.2) is 0 Å². The molecule has 2 fully saturated rings. The number of nitrogens with zero attached hydrogens (tertiary/aromatic N) is 1. The second kappa shape index (κ2) is 4.94. The minimum absolute atomic E-state index is 0.487. The van der Waals surface area contributed by atoms with Crippen LogP contribution in [0.1, 0.15) is 25.7 Å². The van der Waals surface area contributed by atoms with E-state index in [4.69, 9.17) is 4.74 Å². The zero-order valence-corrected chi connectivity index (χ0v) is 11.3. The SMILES string of the molecule is Brc1cncc(NC2CCOC(C3CC3)C2)c1. The molecule has 1 saturated carbocycles. The molecule has 1 aliphatic carbocycles. The minimum Gasteiger partial charge on any atom is -0.381 e. The lowest BCUT2D eigenvalue weighted by molar-refractivity contribution is -0.00219. The summed E-state index contributed by atoms with van der Waals surface area (Å²) < 4.78 is 6.85. The predicted molar refractivity (Wildman–Crippen MR) is 71.0 cm³/mol. The number of hydrogen-bond donors (Lipinski definition) is 1. The van der Waals surface area contributed by atoms with Crippen LogP contribution in [0.15, 0.2) is 22.9 Å². The van der Waals surface area contributed by atoms with E-state index >= 15 is 0 Å². The Bertz CT molecular complexity index is 395. The molecule has 0 bridgehead atoms. The van der Waals surface area contributed by atoms with Crippen LogP contribution in [0.25, 0.3) is 0 Å². The molecule has 3 nitrogen and oxygen atoms in total. The van der Waals surface area contributed by atoms with Crippen molar-refractivity contribution in [2.45, 2.75) is 37.8 Å². The highest BCUT2D eigenvalue weighted by Gasteiger charge is 2.35. The van der Waals surface area contributed by atoms with E-state index in [2.05, 4.69) is 32.3 Å². The van der Waals surface area contributed by atoms with Gasteiger partial charge in [0, 0.05) is 23.3 Å². The van der Waals surface area contributed by atoms with Crippen molar-refractivity contribution in [2.24, 2.45) is 5.92 Å². The van der Waals surface area contributed by atoms with Crippen molar-refractivity contribution in [3.8, 4) is 0 Å². The Hall–Kier alpha value is -0.610. The van der Waals surface area contributed by atoms with Crippen LogP contribution in [0.5, 0.6) is 0 Å². The van der Waals surface area contributed by atoms with Crippen LogP contribution < -0.4 is 5.32 Å². The van der Waals surface area contributed by atoms with E-state index in [1.807, 2.05) is 12.4 Å². The van der Waals surface area contributed by atoms with Gasteiger partial charge < -0.3 is 10.1 Å². The molecule has 1 aromatic rings. The van der Waals surface area contributed by atoms with Gasteiger partial charge in [-0.05, 0) is 53.6 Å². The normalized spacial score (nSPS) is 29.0. The first-order valence-electron chi connectivity index (χ1n) is 6.30. The molecule has 2 unspecified atom stereocenters. The lowest BCUT2D eigenvalue weighted by Gasteiger charge is -2.30. The molecule has 0 radical (unpaired) electrons. The first kappa shape index (κ1) is 11.5. The predicted octanol–water partition coefficient (Wildman–Crippen LogP) is 3.21. The third kappa shape index (κ3) is 2.99. The van der Waals surface area contributed by atoms with E-state index in [0.29, 0.717) is 12.1 Å². The van der Waals surface area contributed by atoms with Gasteiger partial charge in [0.1, 0.15) is 0 Å². The van der Waals surface area contributed by atoms with E-state index in [0.717, 1.165) is 35.5 Å². The van der Waals surface area contributed by atoms with Crippen LogP contribution in [0.4, 0.5) is 5.69 Å². The summed E-state index contributed by atoms with van der Waals surface area (Å²) in [5, 5.41) is 3.56. The van der Waals surface area contributed by atoms with Gasteiger partial charge in [0.05, 0.1) is 18.0 Å². The molecule has 1 aromatic heterocycles. The van der Waals surface area contributed by atoms with Crippen LogP contribution >= 0.6 is 15.9 Å². The van der Waals surface area contributed by atoms with Gasteiger partial charge >= 0.3 is 0 Å². The van der Waals surface area contributed by atoms with Gasteiger partial charge in [-0.25, -0.2) is 0 Å². The molecule has 92 valence electrons. The molecule has 1 N–H and O–H groups in total. The van der Waals surface area contributed by atoms with E-state index in [1.165, 1.54) is 12.8 Å². The number of hydrogen-bond acceptors (Lipinski definition) is 3. The average Bonchev–Trinajstić information content (AvgIpc) is 3.13. The smallest absolute Gasteiger partial charge is 0.0622 e. The van der Waals surface area contributed by atoms with Crippen LogP contribution in [0.2, 0.25) is 0 Å². The van der Waals surface area contributed by atoms with Crippen molar-refractivity contribution in [3.05, 3.63) is 22.9 Å². The highest BCUT2D eigenvalue weighted by Crippen LogP contribution is 2.38. The first-order chi connectivity index (χ1) is 8.31. The fourth-order valence-electron chi connectivity index (χ4n) is 2.48. The monoisotopic (exact) mass is 296 g/mol. The van der Waals surface area contributed by atoms with Gasteiger partial charge in [-0.15, -0.1) is 0 Å². The maximum absolute atomic E-state index is 5.83. The Balaban J connectivity index is 1.60. The quantitative estimate of drug-likeness (QED) is 0.930.